The van der Waals surface area contributed by atoms with E-state index in [9.17, 15) is 19.7 Å². The SMILES string of the molecule is CN(C)C(=O)CNC(=O)COc1cccc([N+](=O)[O-])c1. The molecule has 20 heavy (non-hydrogen) atoms. The molecule has 0 spiro atoms. The average molecular weight is 281 g/mol. The topological polar surface area (TPSA) is 102 Å². The van der Waals surface area contributed by atoms with Crippen molar-refractivity contribution in [2.45, 2.75) is 0 Å². The van der Waals surface area contributed by atoms with Crippen LogP contribution in [0.2, 0.25) is 0 Å². The molecule has 0 aliphatic heterocycles. The van der Waals surface area contributed by atoms with Crippen LogP contribution in [0.3, 0.4) is 0 Å². The molecule has 0 atom stereocenters. The summed E-state index contributed by atoms with van der Waals surface area (Å²) in [7, 11) is 3.15. The average Bonchev–Trinajstić information content (AvgIpc) is 2.42. The maximum absolute atomic E-state index is 11.4. The fourth-order valence-electron chi connectivity index (χ4n) is 1.22. The number of nitro groups is 1. The molecule has 1 rings (SSSR count). The fraction of sp³-hybridized carbons (Fsp3) is 0.333. The molecule has 0 aliphatic rings. The molecule has 0 aliphatic carbocycles. The number of nitrogens with zero attached hydrogens (tertiary/aromatic N) is 2. The molecular weight excluding hydrogens is 266 g/mol. The van der Waals surface area contributed by atoms with Crippen LogP contribution in [0.25, 0.3) is 0 Å². The van der Waals surface area contributed by atoms with E-state index in [0.29, 0.717) is 0 Å². The van der Waals surface area contributed by atoms with Crippen LogP contribution in [-0.2, 0) is 9.59 Å². The van der Waals surface area contributed by atoms with E-state index in [0.717, 1.165) is 0 Å². The highest BCUT2D eigenvalue weighted by Crippen LogP contribution is 2.18. The van der Waals surface area contributed by atoms with Gasteiger partial charge in [-0.2, -0.15) is 0 Å². The summed E-state index contributed by atoms with van der Waals surface area (Å²) in [6.45, 7) is -0.438. The summed E-state index contributed by atoms with van der Waals surface area (Å²) < 4.78 is 5.11. The molecule has 1 N–H and O–H groups in total. The molecule has 0 fully saturated rings. The van der Waals surface area contributed by atoms with Gasteiger partial charge in [0, 0.05) is 20.2 Å². The molecule has 0 saturated heterocycles. The highest BCUT2D eigenvalue weighted by Gasteiger charge is 2.09. The smallest absolute Gasteiger partial charge is 0.273 e. The number of ether oxygens (including phenoxy) is 1. The predicted molar refractivity (Wildman–Crippen MR) is 70.3 cm³/mol. The number of rotatable bonds is 6. The standard InChI is InChI=1S/C12H15N3O5/c1-14(2)12(17)7-13-11(16)8-20-10-5-3-4-9(6-10)15(18)19/h3-6H,7-8H2,1-2H3,(H,13,16). The Bertz CT molecular complexity index is 516. The lowest BCUT2D eigenvalue weighted by Gasteiger charge is -2.11. The van der Waals surface area contributed by atoms with Gasteiger partial charge in [0.25, 0.3) is 11.6 Å². The Kier molecular flexibility index (Phi) is 5.45. The Morgan fingerprint density at radius 2 is 2.10 bits per heavy atom. The molecule has 1 aromatic rings. The van der Waals surface area contributed by atoms with E-state index in [1.807, 2.05) is 0 Å². The molecule has 108 valence electrons. The number of likely N-dealkylation sites (N-methyl/N-ethyl adjacent to an activating group) is 1. The van der Waals surface area contributed by atoms with E-state index < -0.39 is 10.8 Å². The van der Waals surface area contributed by atoms with Gasteiger partial charge in [-0.15, -0.1) is 0 Å². The van der Waals surface area contributed by atoms with Crippen LogP contribution in [0.5, 0.6) is 5.75 Å². The van der Waals surface area contributed by atoms with Crippen molar-refractivity contribution in [1.29, 1.82) is 0 Å². The van der Waals surface area contributed by atoms with Gasteiger partial charge in [-0.1, -0.05) is 6.07 Å². The maximum Gasteiger partial charge on any atom is 0.273 e. The summed E-state index contributed by atoms with van der Waals surface area (Å²) >= 11 is 0. The molecule has 2 amide bonds. The van der Waals surface area contributed by atoms with Gasteiger partial charge in [0.2, 0.25) is 5.91 Å². The van der Waals surface area contributed by atoms with Gasteiger partial charge in [-0.3, -0.25) is 19.7 Å². The number of amides is 2. The molecule has 0 bridgehead atoms. The zero-order chi connectivity index (χ0) is 15.1. The third-order valence-corrected chi connectivity index (χ3v) is 2.33. The summed E-state index contributed by atoms with van der Waals surface area (Å²) in [6.07, 6.45) is 0. The van der Waals surface area contributed by atoms with E-state index in [4.69, 9.17) is 4.74 Å². The molecular formula is C12H15N3O5. The zero-order valence-corrected chi connectivity index (χ0v) is 11.2. The van der Waals surface area contributed by atoms with Crippen molar-refractivity contribution < 1.29 is 19.2 Å². The summed E-state index contributed by atoms with van der Waals surface area (Å²) in [5, 5.41) is 12.9. The van der Waals surface area contributed by atoms with Crippen molar-refractivity contribution >= 4 is 17.5 Å². The highest BCUT2D eigenvalue weighted by atomic mass is 16.6. The number of benzene rings is 1. The van der Waals surface area contributed by atoms with Crippen LogP contribution in [-0.4, -0.2) is 48.9 Å². The predicted octanol–water partition coefficient (Wildman–Crippen LogP) is 0.178. The minimum Gasteiger partial charge on any atom is -0.484 e. The van der Waals surface area contributed by atoms with Gasteiger partial charge in [-0.05, 0) is 6.07 Å². The number of carbonyl (C=O) groups excluding carboxylic acids is 2. The van der Waals surface area contributed by atoms with Gasteiger partial charge in [0.05, 0.1) is 17.5 Å². The van der Waals surface area contributed by atoms with Crippen molar-refractivity contribution in [3.8, 4) is 5.75 Å². The van der Waals surface area contributed by atoms with Gasteiger partial charge < -0.3 is 15.0 Å². The second kappa shape index (κ2) is 7.07. The molecule has 0 heterocycles. The van der Waals surface area contributed by atoms with Gasteiger partial charge in [0.1, 0.15) is 5.75 Å². The first-order valence-electron chi connectivity index (χ1n) is 5.74. The van der Waals surface area contributed by atoms with Gasteiger partial charge >= 0.3 is 0 Å². The van der Waals surface area contributed by atoms with E-state index in [-0.39, 0.29) is 30.5 Å². The van der Waals surface area contributed by atoms with Crippen molar-refractivity contribution in [2.24, 2.45) is 0 Å². The number of nitrogens with one attached hydrogen (secondary N) is 1. The minimum absolute atomic E-state index is 0.120. The molecule has 1 aromatic carbocycles. The second-order valence-electron chi connectivity index (χ2n) is 4.11. The second-order valence-corrected chi connectivity index (χ2v) is 4.11. The van der Waals surface area contributed by atoms with Crippen LogP contribution < -0.4 is 10.1 Å². The first-order chi connectivity index (χ1) is 9.40. The number of hydrogen-bond acceptors (Lipinski definition) is 5. The largest absolute Gasteiger partial charge is 0.484 e. The van der Waals surface area contributed by atoms with Crippen molar-refractivity contribution in [2.75, 3.05) is 27.2 Å². The van der Waals surface area contributed by atoms with Gasteiger partial charge in [0.15, 0.2) is 6.61 Å². The van der Waals surface area contributed by atoms with Crippen molar-refractivity contribution in [3.63, 3.8) is 0 Å². The molecule has 0 unspecified atom stereocenters. The molecule has 8 nitrogen and oxygen atoms in total. The van der Waals surface area contributed by atoms with Crippen LogP contribution >= 0.6 is 0 Å². The maximum atomic E-state index is 11.4. The highest BCUT2D eigenvalue weighted by molar-refractivity contribution is 5.85. The molecule has 8 heteroatoms. The lowest BCUT2D eigenvalue weighted by molar-refractivity contribution is -0.384. The van der Waals surface area contributed by atoms with E-state index in [2.05, 4.69) is 5.32 Å². The lowest BCUT2D eigenvalue weighted by atomic mass is 10.3. The molecule has 0 aromatic heterocycles. The van der Waals surface area contributed by atoms with Crippen molar-refractivity contribution in [1.82, 2.24) is 10.2 Å². The Labute approximate surface area is 115 Å². The molecule has 0 radical (unpaired) electrons. The number of carbonyl (C=O) groups is 2. The van der Waals surface area contributed by atoms with E-state index >= 15 is 0 Å². The summed E-state index contributed by atoms with van der Waals surface area (Å²) in [4.78, 5) is 34.0. The Morgan fingerprint density at radius 3 is 2.70 bits per heavy atom. The van der Waals surface area contributed by atoms with Crippen LogP contribution in [0.1, 0.15) is 0 Å². The summed E-state index contributed by atoms with van der Waals surface area (Å²) in [5.74, 6) is -0.506. The Hall–Kier alpha value is -2.64. The van der Waals surface area contributed by atoms with E-state index in [1.54, 1.807) is 14.1 Å². The fourth-order valence-corrected chi connectivity index (χ4v) is 1.22. The summed E-state index contributed by atoms with van der Waals surface area (Å²) in [6, 6.07) is 5.51. The normalized spacial score (nSPS) is 9.70. The third kappa shape index (κ3) is 4.92. The van der Waals surface area contributed by atoms with Crippen LogP contribution in [0, 0.1) is 10.1 Å². The third-order valence-electron chi connectivity index (χ3n) is 2.33. The number of hydrogen-bond donors (Lipinski definition) is 1. The van der Waals surface area contributed by atoms with Gasteiger partial charge in [-0.25, -0.2) is 0 Å². The van der Waals surface area contributed by atoms with Crippen molar-refractivity contribution in [3.05, 3.63) is 34.4 Å². The monoisotopic (exact) mass is 281 g/mol. The first kappa shape index (κ1) is 15.4. The van der Waals surface area contributed by atoms with Crippen LogP contribution in [0.15, 0.2) is 24.3 Å². The molecule has 0 saturated carbocycles. The minimum atomic E-state index is -0.553. The van der Waals surface area contributed by atoms with E-state index in [1.165, 1.54) is 29.2 Å². The summed E-state index contributed by atoms with van der Waals surface area (Å²) in [5.41, 5.74) is -0.120. The Morgan fingerprint density at radius 1 is 1.40 bits per heavy atom. The quantitative estimate of drug-likeness (QED) is 0.592. The van der Waals surface area contributed by atoms with Crippen LogP contribution in [0.4, 0.5) is 5.69 Å². The number of nitro benzene ring substituents is 1. The first-order valence-corrected chi connectivity index (χ1v) is 5.74. The Balaban J connectivity index is 2.43. The zero-order valence-electron chi connectivity index (χ0n) is 11.2. The number of non-ortho nitro benzene ring substituents is 1. The lowest BCUT2D eigenvalue weighted by Crippen LogP contribution is -2.38.